The Labute approximate surface area is 290 Å². The van der Waals surface area contributed by atoms with Crippen molar-refractivity contribution in [3.05, 3.63) is 158 Å². The predicted molar refractivity (Wildman–Crippen MR) is 205 cm³/mol. The van der Waals surface area contributed by atoms with Crippen LogP contribution in [0.1, 0.15) is 0 Å². The van der Waals surface area contributed by atoms with Crippen molar-refractivity contribution in [1.29, 1.82) is 0 Å². The Morgan fingerprint density at radius 2 is 0.941 bits per heavy atom. The Morgan fingerprint density at radius 3 is 1.75 bits per heavy atom. The summed E-state index contributed by atoms with van der Waals surface area (Å²) in [5.74, 6) is 1.65. The van der Waals surface area contributed by atoms with E-state index in [0.29, 0.717) is 17.5 Å². The highest BCUT2D eigenvalue weighted by molar-refractivity contribution is 6.11. The molecule has 0 atom stereocenters. The summed E-state index contributed by atoms with van der Waals surface area (Å²) >= 11 is 0. The van der Waals surface area contributed by atoms with Crippen LogP contribution in [0.5, 0.6) is 0 Å². The molecular weight excluding hydrogens is 629 g/mol. The third-order valence-electron chi connectivity index (χ3n) is 9.86. The van der Waals surface area contributed by atoms with E-state index in [-0.39, 0.29) is 0 Å². The van der Waals surface area contributed by atoms with E-state index in [0.717, 1.165) is 82.7 Å². The van der Waals surface area contributed by atoms with E-state index in [1.807, 2.05) is 60.7 Å². The van der Waals surface area contributed by atoms with E-state index >= 15 is 0 Å². The molecule has 0 bridgehead atoms. The van der Waals surface area contributed by atoms with Gasteiger partial charge < -0.3 is 13.4 Å². The van der Waals surface area contributed by atoms with E-state index in [2.05, 4.69) is 102 Å². The lowest BCUT2D eigenvalue weighted by atomic mass is 10.1. The Hall–Kier alpha value is -7.05. The summed E-state index contributed by atoms with van der Waals surface area (Å²) in [4.78, 5) is 15.4. The average molecular weight is 655 g/mol. The SMILES string of the molecule is c1ccc(-n2c3ccccc3c3ccc(-c4nc(-c5ccc6c(c5)oc5ccccc56)nc(-c5cccc6c5oc5ccccc56)n4)cc32)cc1. The molecule has 51 heavy (non-hydrogen) atoms. The van der Waals surface area contributed by atoms with Crippen molar-refractivity contribution >= 4 is 65.7 Å². The largest absolute Gasteiger partial charge is 0.456 e. The number of hydrogen-bond donors (Lipinski definition) is 0. The highest BCUT2D eigenvalue weighted by Gasteiger charge is 2.20. The zero-order chi connectivity index (χ0) is 33.5. The van der Waals surface area contributed by atoms with Gasteiger partial charge in [-0.25, -0.2) is 15.0 Å². The van der Waals surface area contributed by atoms with Crippen LogP contribution in [-0.4, -0.2) is 19.5 Å². The molecule has 4 aromatic heterocycles. The molecule has 11 aromatic rings. The summed E-state index contributed by atoms with van der Waals surface area (Å²) in [5.41, 5.74) is 9.03. The summed E-state index contributed by atoms with van der Waals surface area (Å²) in [6.07, 6.45) is 0. The zero-order valence-electron chi connectivity index (χ0n) is 27.1. The molecule has 0 saturated carbocycles. The molecule has 11 rings (SSSR count). The predicted octanol–water partition coefficient (Wildman–Crippen LogP) is 11.8. The topological polar surface area (TPSA) is 69.9 Å². The third kappa shape index (κ3) is 4.26. The normalized spacial score (nSPS) is 11.9. The van der Waals surface area contributed by atoms with Gasteiger partial charge in [-0.15, -0.1) is 0 Å². The fourth-order valence-electron chi connectivity index (χ4n) is 7.51. The summed E-state index contributed by atoms with van der Waals surface area (Å²) in [6, 6.07) is 54.0. The summed E-state index contributed by atoms with van der Waals surface area (Å²) < 4.78 is 15.0. The van der Waals surface area contributed by atoms with Gasteiger partial charge in [0, 0.05) is 49.1 Å². The van der Waals surface area contributed by atoms with Crippen LogP contribution in [0.3, 0.4) is 0 Å². The summed E-state index contributed by atoms with van der Waals surface area (Å²) in [5, 5.41) is 6.55. The van der Waals surface area contributed by atoms with Crippen molar-refractivity contribution < 1.29 is 8.83 Å². The van der Waals surface area contributed by atoms with Crippen molar-refractivity contribution in [2.24, 2.45) is 0 Å². The van der Waals surface area contributed by atoms with E-state index in [1.165, 1.54) is 5.39 Å². The molecule has 0 N–H and O–H groups in total. The lowest BCUT2D eigenvalue weighted by Gasteiger charge is -2.10. The van der Waals surface area contributed by atoms with Crippen LogP contribution in [0.25, 0.3) is 106 Å². The maximum absolute atomic E-state index is 6.46. The van der Waals surface area contributed by atoms with Gasteiger partial charge in [0.2, 0.25) is 0 Å². The highest BCUT2D eigenvalue weighted by atomic mass is 16.3. The first-order valence-electron chi connectivity index (χ1n) is 16.9. The van der Waals surface area contributed by atoms with E-state index in [4.69, 9.17) is 23.8 Å². The van der Waals surface area contributed by atoms with Crippen LogP contribution in [0.4, 0.5) is 0 Å². The van der Waals surface area contributed by atoms with Crippen molar-refractivity contribution in [3.8, 4) is 39.9 Å². The molecular formula is C45H26N4O2. The molecule has 0 aliphatic rings. The first-order valence-corrected chi connectivity index (χ1v) is 16.9. The number of nitrogens with zero attached hydrogens (tertiary/aromatic N) is 4. The van der Waals surface area contributed by atoms with Gasteiger partial charge >= 0.3 is 0 Å². The van der Waals surface area contributed by atoms with Crippen LogP contribution < -0.4 is 0 Å². The lowest BCUT2D eigenvalue weighted by molar-refractivity contribution is 0.668. The minimum atomic E-state index is 0.535. The van der Waals surface area contributed by atoms with Crippen LogP contribution >= 0.6 is 0 Å². The van der Waals surface area contributed by atoms with Gasteiger partial charge in [-0.1, -0.05) is 103 Å². The van der Waals surface area contributed by atoms with Crippen LogP contribution in [0.15, 0.2) is 167 Å². The van der Waals surface area contributed by atoms with Crippen molar-refractivity contribution in [2.75, 3.05) is 0 Å². The monoisotopic (exact) mass is 654 g/mol. The van der Waals surface area contributed by atoms with Gasteiger partial charge in [0.1, 0.15) is 22.3 Å². The highest BCUT2D eigenvalue weighted by Crippen LogP contribution is 2.38. The number of para-hydroxylation sites is 5. The molecule has 6 nitrogen and oxygen atoms in total. The van der Waals surface area contributed by atoms with Gasteiger partial charge in [0.15, 0.2) is 17.5 Å². The molecule has 0 spiro atoms. The number of hydrogen-bond acceptors (Lipinski definition) is 5. The summed E-state index contributed by atoms with van der Waals surface area (Å²) in [7, 11) is 0. The lowest BCUT2D eigenvalue weighted by Crippen LogP contribution is -2.01. The number of fused-ring (bicyclic) bond motifs is 9. The molecule has 0 aliphatic carbocycles. The van der Waals surface area contributed by atoms with E-state index in [9.17, 15) is 0 Å². The minimum absolute atomic E-state index is 0.535. The fourth-order valence-corrected chi connectivity index (χ4v) is 7.51. The second kappa shape index (κ2) is 10.7. The van der Waals surface area contributed by atoms with E-state index in [1.54, 1.807) is 0 Å². The quantitative estimate of drug-likeness (QED) is 0.189. The Balaban J connectivity index is 1.17. The molecule has 0 unspecified atom stereocenters. The third-order valence-corrected chi connectivity index (χ3v) is 9.86. The Bertz CT molecular complexity index is 3150. The number of benzene rings is 7. The molecule has 0 amide bonds. The number of aromatic nitrogens is 4. The molecule has 4 heterocycles. The molecule has 238 valence electrons. The second-order valence-corrected chi connectivity index (χ2v) is 12.8. The standard InChI is InChI=1S/C45H26N4O2/c1-2-11-29(12-3-1)49-37-18-7-4-13-30(37)31-23-21-27(25-38(31)49)43-46-44(28-22-24-34-32-14-5-8-19-39(32)50-41(34)26-28)48-45(47-43)36-17-10-16-35-33-15-6-9-20-40(33)51-42(35)36/h1-26H. The van der Waals surface area contributed by atoms with Crippen LogP contribution in [0.2, 0.25) is 0 Å². The van der Waals surface area contributed by atoms with Gasteiger partial charge in [0.05, 0.1) is 16.6 Å². The number of rotatable bonds is 4. The van der Waals surface area contributed by atoms with Gasteiger partial charge in [-0.05, 0) is 54.6 Å². The van der Waals surface area contributed by atoms with Crippen molar-refractivity contribution in [1.82, 2.24) is 19.5 Å². The first kappa shape index (κ1) is 27.9. The molecule has 0 saturated heterocycles. The molecule has 0 radical (unpaired) electrons. The van der Waals surface area contributed by atoms with Crippen molar-refractivity contribution in [2.45, 2.75) is 0 Å². The minimum Gasteiger partial charge on any atom is -0.456 e. The van der Waals surface area contributed by atoms with E-state index < -0.39 is 0 Å². The average Bonchev–Trinajstić information content (AvgIpc) is 3.87. The second-order valence-electron chi connectivity index (χ2n) is 12.8. The Morgan fingerprint density at radius 1 is 0.373 bits per heavy atom. The maximum Gasteiger partial charge on any atom is 0.167 e. The molecule has 7 aromatic carbocycles. The zero-order valence-corrected chi connectivity index (χ0v) is 27.1. The van der Waals surface area contributed by atoms with Gasteiger partial charge in [0.25, 0.3) is 0 Å². The number of furan rings is 2. The fraction of sp³-hybridized carbons (Fsp3) is 0. The molecule has 6 heteroatoms. The molecule has 0 fully saturated rings. The first-order chi connectivity index (χ1) is 25.3. The molecule has 0 aliphatic heterocycles. The van der Waals surface area contributed by atoms with Gasteiger partial charge in [-0.3, -0.25) is 0 Å². The van der Waals surface area contributed by atoms with Crippen LogP contribution in [0, 0.1) is 0 Å². The Kier molecular flexibility index (Phi) is 5.86. The smallest absolute Gasteiger partial charge is 0.167 e. The summed E-state index contributed by atoms with van der Waals surface area (Å²) in [6.45, 7) is 0. The van der Waals surface area contributed by atoms with Crippen molar-refractivity contribution in [3.63, 3.8) is 0 Å². The van der Waals surface area contributed by atoms with Crippen LogP contribution in [-0.2, 0) is 0 Å². The van der Waals surface area contributed by atoms with Gasteiger partial charge in [-0.2, -0.15) is 0 Å². The maximum atomic E-state index is 6.46.